The second-order valence-electron chi connectivity index (χ2n) is 8.05. The molecule has 0 aliphatic heterocycles. The smallest absolute Gasteiger partial charge is 0.418 e. The number of alkyl halides is 3. The van der Waals surface area contributed by atoms with Crippen LogP contribution in [0.1, 0.15) is 11.1 Å². The van der Waals surface area contributed by atoms with Crippen LogP contribution >= 0.6 is 0 Å². The molecule has 0 atom stereocenters. The van der Waals surface area contributed by atoms with E-state index < -0.39 is 11.7 Å². The average molecular weight is 471 g/mol. The van der Waals surface area contributed by atoms with Gasteiger partial charge in [0.2, 0.25) is 0 Å². The van der Waals surface area contributed by atoms with Crippen molar-refractivity contribution in [2.45, 2.75) is 12.8 Å². The molecule has 1 N–H and O–H groups in total. The summed E-state index contributed by atoms with van der Waals surface area (Å²) in [5, 5.41) is 9.80. The highest BCUT2D eigenvalue weighted by atomic mass is 19.4. The first kappa shape index (κ1) is 22.6. The molecular formula is C29H20F3NO2. The Morgan fingerprint density at radius 3 is 2.17 bits per heavy atom. The molecule has 3 nitrogen and oxygen atoms in total. The van der Waals surface area contributed by atoms with E-state index in [-0.39, 0.29) is 12.1 Å². The molecule has 1 aromatic heterocycles. The summed E-state index contributed by atoms with van der Waals surface area (Å²) in [5.74, 6) is 1.07. The van der Waals surface area contributed by atoms with Crippen LogP contribution in [0.4, 0.5) is 13.2 Å². The lowest BCUT2D eigenvalue weighted by Gasteiger charge is -2.17. The van der Waals surface area contributed by atoms with E-state index in [1.54, 1.807) is 48.5 Å². The van der Waals surface area contributed by atoms with Crippen LogP contribution in [0.5, 0.6) is 11.5 Å². The number of fused-ring (bicyclic) bond motifs is 1. The lowest BCUT2D eigenvalue weighted by Crippen LogP contribution is -2.07. The molecule has 0 fully saturated rings. The summed E-state index contributed by atoms with van der Waals surface area (Å²) in [6.07, 6.45) is -3.03. The van der Waals surface area contributed by atoms with E-state index in [0.717, 1.165) is 17.2 Å². The molecular weight excluding hydrogens is 451 g/mol. The Morgan fingerprint density at radius 1 is 0.743 bits per heavy atom. The Kier molecular flexibility index (Phi) is 5.97. The minimum atomic E-state index is -4.53. The summed E-state index contributed by atoms with van der Waals surface area (Å²) < 4.78 is 47.3. The largest absolute Gasteiger partial charge is 0.457 e. The molecule has 1 heterocycles. The van der Waals surface area contributed by atoms with Crippen molar-refractivity contribution in [2.24, 2.45) is 0 Å². The van der Waals surface area contributed by atoms with Crippen molar-refractivity contribution in [3.63, 3.8) is 0 Å². The van der Waals surface area contributed by atoms with E-state index in [9.17, 15) is 18.3 Å². The SMILES string of the molecule is OCc1cccc(Oc2cccc(-c3c(-c4ccccc4)cnc4c(C(F)(F)F)cccc34)c2)c1. The number of benzene rings is 4. The number of ether oxygens (including phenoxy) is 1. The van der Waals surface area contributed by atoms with Crippen LogP contribution in [0.15, 0.2) is 103 Å². The van der Waals surface area contributed by atoms with Gasteiger partial charge in [0, 0.05) is 22.7 Å². The molecule has 5 aromatic rings. The van der Waals surface area contributed by atoms with Crippen molar-refractivity contribution in [2.75, 3.05) is 0 Å². The zero-order valence-corrected chi connectivity index (χ0v) is 18.5. The molecule has 0 amide bonds. The van der Waals surface area contributed by atoms with Crippen molar-refractivity contribution < 1.29 is 23.0 Å². The lowest BCUT2D eigenvalue weighted by molar-refractivity contribution is -0.136. The molecule has 0 spiro atoms. The van der Waals surface area contributed by atoms with Gasteiger partial charge in [-0.25, -0.2) is 0 Å². The molecule has 0 radical (unpaired) electrons. The van der Waals surface area contributed by atoms with E-state index in [4.69, 9.17) is 4.74 Å². The quantitative estimate of drug-likeness (QED) is 0.284. The summed E-state index contributed by atoms with van der Waals surface area (Å²) in [7, 11) is 0. The zero-order chi connectivity index (χ0) is 24.4. The van der Waals surface area contributed by atoms with Crippen LogP contribution in [-0.4, -0.2) is 10.1 Å². The highest BCUT2D eigenvalue weighted by Gasteiger charge is 2.33. The number of aliphatic hydroxyl groups excluding tert-OH is 1. The monoisotopic (exact) mass is 471 g/mol. The number of rotatable bonds is 5. The molecule has 0 aliphatic carbocycles. The maximum Gasteiger partial charge on any atom is 0.418 e. The minimum absolute atomic E-state index is 0.100. The highest BCUT2D eigenvalue weighted by Crippen LogP contribution is 2.42. The van der Waals surface area contributed by atoms with E-state index in [0.29, 0.717) is 33.6 Å². The Bertz CT molecular complexity index is 1500. The van der Waals surface area contributed by atoms with Crippen LogP contribution in [0, 0.1) is 0 Å². The number of halogens is 3. The molecule has 0 unspecified atom stereocenters. The molecule has 0 aliphatic rings. The highest BCUT2D eigenvalue weighted by molar-refractivity contribution is 6.03. The molecule has 0 bridgehead atoms. The van der Waals surface area contributed by atoms with Crippen molar-refractivity contribution in [3.8, 4) is 33.8 Å². The first-order chi connectivity index (χ1) is 16.9. The van der Waals surface area contributed by atoms with Gasteiger partial charge in [-0.05, 0) is 47.0 Å². The standard InChI is InChI=1S/C29H20F3NO2/c30-29(31,32)26-14-6-13-24-27(25(17-33-28(24)26)20-8-2-1-3-9-20)21-10-5-12-23(16-21)35-22-11-4-7-19(15-22)18-34/h1-17,34H,18H2. The molecule has 174 valence electrons. The molecule has 6 heteroatoms. The Morgan fingerprint density at radius 2 is 1.43 bits per heavy atom. The van der Waals surface area contributed by atoms with E-state index >= 15 is 0 Å². The van der Waals surface area contributed by atoms with Crippen LogP contribution in [0.25, 0.3) is 33.2 Å². The first-order valence-corrected chi connectivity index (χ1v) is 11.0. The number of nitrogens with zero attached hydrogens (tertiary/aromatic N) is 1. The predicted molar refractivity (Wildman–Crippen MR) is 130 cm³/mol. The van der Waals surface area contributed by atoms with Crippen LogP contribution in [0.3, 0.4) is 0 Å². The fourth-order valence-corrected chi connectivity index (χ4v) is 4.16. The third-order valence-electron chi connectivity index (χ3n) is 5.73. The topological polar surface area (TPSA) is 42.4 Å². The number of hydrogen-bond donors (Lipinski definition) is 1. The maximum atomic E-state index is 13.8. The van der Waals surface area contributed by atoms with Gasteiger partial charge in [-0.1, -0.05) is 66.7 Å². The van der Waals surface area contributed by atoms with Crippen molar-refractivity contribution in [1.82, 2.24) is 4.98 Å². The van der Waals surface area contributed by atoms with Crippen molar-refractivity contribution in [1.29, 1.82) is 0 Å². The van der Waals surface area contributed by atoms with Crippen LogP contribution in [0.2, 0.25) is 0 Å². The second kappa shape index (κ2) is 9.24. The first-order valence-electron chi connectivity index (χ1n) is 11.0. The Balaban J connectivity index is 1.71. The maximum absolute atomic E-state index is 13.8. The third kappa shape index (κ3) is 4.61. The Hall–Kier alpha value is -4.16. The van der Waals surface area contributed by atoms with Gasteiger partial charge >= 0.3 is 6.18 Å². The van der Waals surface area contributed by atoms with E-state index in [1.807, 2.05) is 36.4 Å². The Labute approximate surface area is 200 Å². The molecule has 4 aromatic carbocycles. The summed E-state index contributed by atoms with van der Waals surface area (Å²) >= 11 is 0. The normalized spacial score (nSPS) is 11.5. The van der Waals surface area contributed by atoms with Gasteiger partial charge in [0.05, 0.1) is 17.7 Å². The summed E-state index contributed by atoms with van der Waals surface area (Å²) in [6, 6.07) is 27.9. The summed E-state index contributed by atoms with van der Waals surface area (Å²) in [5.41, 5.74) is 2.74. The van der Waals surface area contributed by atoms with Crippen molar-refractivity contribution in [3.05, 3.63) is 114 Å². The van der Waals surface area contributed by atoms with Gasteiger partial charge in [-0.15, -0.1) is 0 Å². The average Bonchev–Trinajstić information content (AvgIpc) is 2.88. The van der Waals surface area contributed by atoms with Gasteiger partial charge in [-0.3, -0.25) is 4.98 Å². The van der Waals surface area contributed by atoms with Gasteiger partial charge in [0.25, 0.3) is 0 Å². The molecule has 0 saturated carbocycles. The number of pyridine rings is 1. The van der Waals surface area contributed by atoms with Gasteiger partial charge in [-0.2, -0.15) is 13.2 Å². The number of aliphatic hydroxyl groups is 1. The number of hydrogen-bond acceptors (Lipinski definition) is 3. The van der Waals surface area contributed by atoms with Gasteiger partial charge in [0.1, 0.15) is 11.5 Å². The van der Waals surface area contributed by atoms with Gasteiger partial charge in [0.15, 0.2) is 0 Å². The predicted octanol–water partition coefficient (Wildman–Crippen LogP) is 7.87. The fraction of sp³-hybridized carbons (Fsp3) is 0.0690. The van der Waals surface area contributed by atoms with Crippen molar-refractivity contribution >= 4 is 10.9 Å². The van der Waals surface area contributed by atoms with Crippen LogP contribution in [-0.2, 0) is 12.8 Å². The molecule has 5 rings (SSSR count). The number of aromatic nitrogens is 1. The minimum Gasteiger partial charge on any atom is -0.457 e. The zero-order valence-electron chi connectivity index (χ0n) is 18.5. The molecule has 0 saturated heterocycles. The second-order valence-corrected chi connectivity index (χ2v) is 8.05. The van der Waals surface area contributed by atoms with Crippen LogP contribution < -0.4 is 4.74 Å². The lowest BCUT2D eigenvalue weighted by atomic mass is 9.91. The summed E-state index contributed by atoms with van der Waals surface area (Å²) in [6.45, 7) is -0.109. The fourth-order valence-electron chi connectivity index (χ4n) is 4.16. The number of para-hydroxylation sites is 1. The van der Waals surface area contributed by atoms with E-state index in [2.05, 4.69) is 4.98 Å². The third-order valence-corrected chi connectivity index (χ3v) is 5.73. The molecule has 35 heavy (non-hydrogen) atoms. The van der Waals surface area contributed by atoms with E-state index in [1.165, 1.54) is 12.3 Å². The van der Waals surface area contributed by atoms with Gasteiger partial charge < -0.3 is 9.84 Å². The summed E-state index contributed by atoms with van der Waals surface area (Å²) in [4.78, 5) is 4.24.